The molecule has 0 aliphatic heterocycles. The third kappa shape index (κ3) is 1.80. The van der Waals surface area contributed by atoms with Gasteiger partial charge in [-0.05, 0) is 12.1 Å². The SMILES string of the molecule is [CH2]C(=O)N(C)c1ccccc1. The van der Waals surface area contributed by atoms with Crippen LogP contribution in [-0.4, -0.2) is 13.0 Å². The van der Waals surface area contributed by atoms with Crippen molar-refractivity contribution in [2.75, 3.05) is 11.9 Å². The van der Waals surface area contributed by atoms with Crippen molar-refractivity contribution in [3.05, 3.63) is 37.3 Å². The zero-order valence-corrected chi connectivity index (χ0v) is 6.45. The van der Waals surface area contributed by atoms with E-state index in [1.165, 1.54) is 4.90 Å². The highest BCUT2D eigenvalue weighted by atomic mass is 16.2. The Morgan fingerprint density at radius 1 is 1.36 bits per heavy atom. The number of rotatable bonds is 1. The molecule has 1 rings (SSSR count). The highest BCUT2D eigenvalue weighted by Gasteiger charge is 2.02. The predicted molar refractivity (Wildman–Crippen MR) is 45.2 cm³/mol. The first kappa shape index (κ1) is 7.79. The van der Waals surface area contributed by atoms with Gasteiger partial charge in [-0.15, -0.1) is 0 Å². The summed E-state index contributed by atoms with van der Waals surface area (Å²) in [5, 5.41) is 0. The van der Waals surface area contributed by atoms with Gasteiger partial charge in [-0.2, -0.15) is 0 Å². The smallest absolute Gasteiger partial charge is 0.227 e. The van der Waals surface area contributed by atoms with Gasteiger partial charge in [0.05, 0.1) is 0 Å². The minimum Gasteiger partial charge on any atom is -0.315 e. The number of amides is 1. The van der Waals surface area contributed by atoms with E-state index in [4.69, 9.17) is 0 Å². The lowest BCUT2D eigenvalue weighted by molar-refractivity contribution is -0.114. The molecule has 1 amide bonds. The lowest BCUT2D eigenvalue weighted by Crippen LogP contribution is -2.22. The lowest BCUT2D eigenvalue weighted by Gasteiger charge is -2.13. The molecule has 0 aliphatic carbocycles. The molecule has 0 unspecified atom stereocenters. The van der Waals surface area contributed by atoms with Crippen LogP contribution in [0.3, 0.4) is 0 Å². The molecule has 2 nitrogen and oxygen atoms in total. The molecular weight excluding hydrogens is 138 g/mol. The van der Waals surface area contributed by atoms with Crippen LogP contribution in [0.1, 0.15) is 0 Å². The minimum absolute atomic E-state index is 0.198. The summed E-state index contributed by atoms with van der Waals surface area (Å²) in [5.74, 6) is -0.198. The monoisotopic (exact) mass is 148 g/mol. The third-order valence-electron chi connectivity index (χ3n) is 1.52. The largest absolute Gasteiger partial charge is 0.315 e. The fraction of sp³-hybridized carbons (Fsp3) is 0.111. The Morgan fingerprint density at radius 3 is 2.36 bits per heavy atom. The predicted octanol–water partition coefficient (Wildman–Crippen LogP) is 1.48. The average Bonchev–Trinajstić information content (AvgIpc) is 2.05. The molecule has 0 fully saturated rings. The molecular formula is C9H10NO. The van der Waals surface area contributed by atoms with Gasteiger partial charge in [0.15, 0.2) is 0 Å². The van der Waals surface area contributed by atoms with Crippen LogP contribution in [0, 0.1) is 6.92 Å². The summed E-state index contributed by atoms with van der Waals surface area (Å²) in [5.41, 5.74) is 0.868. The van der Waals surface area contributed by atoms with Crippen LogP contribution in [0.2, 0.25) is 0 Å². The van der Waals surface area contributed by atoms with E-state index in [1.54, 1.807) is 7.05 Å². The topological polar surface area (TPSA) is 20.3 Å². The zero-order chi connectivity index (χ0) is 8.27. The molecule has 1 aromatic rings. The van der Waals surface area contributed by atoms with Crippen molar-refractivity contribution in [1.29, 1.82) is 0 Å². The summed E-state index contributed by atoms with van der Waals surface area (Å²) in [6.45, 7) is 3.30. The van der Waals surface area contributed by atoms with Crippen LogP contribution in [-0.2, 0) is 4.79 Å². The Bertz CT molecular complexity index is 243. The molecule has 0 saturated carbocycles. The highest BCUT2D eigenvalue weighted by molar-refractivity contribution is 5.95. The fourth-order valence-corrected chi connectivity index (χ4v) is 0.796. The number of nitrogens with zero attached hydrogens (tertiary/aromatic N) is 1. The molecule has 0 spiro atoms. The van der Waals surface area contributed by atoms with E-state index >= 15 is 0 Å². The fourth-order valence-electron chi connectivity index (χ4n) is 0.796. The summed E-state index contributed by atoms with van der Waals surface area (Å²) in [7, 11) is 1.70. The molecule has 0 atom stereocenters. The van der Waals surface area contributed by atoms with E-state index in [1.807, 2.05) is 30.3 Å². The maximum absolute atomic E-state index is 10.8. The van der Waals surface area contributed by atoms with Gasteiger partial charge in [0.2, 0.25) is 5.91 Å². The van der Waals surface area contributed by atoms with Gasteiger partial charge in [0.25, 0.3) is 0 Å². The highest BCUT2D eigenvalue weighted by Crippen LogP contribution is 2.09. The number of hydrogen-bond donors (Lipinski definition) is 0. The first-order chi connectivity index (χ1) is 5.22. The van der Waals surface area contributed by atoms with Gasteiger partial charge in [0, 0.05) is 19.7 Å². The summed E-state index contributed by atoms with van der Waals surface area (Å²) in [6, 6.07) is 9.40. The summed E-state index contributed by atoms with van der Waals surface area (Å²) >= 11 is 0. The Labute approximate surface area is 66.4 Å². The molecule has 1 aromatic carbocycles. The molecule has 0 bridgehead atoms. The quantitative estimate of drug-likeness (QED) is 0.590. The van der Waals surface area contributed by atoms with Gasteiger partial charge in [-0.3, -0.25) is 4.79 Å². The van der Waals surface area contributed by atoms with E-state index in [0.29, 0.717) is 0 Å². The standard InChI is InChI=1S/C9H10NO/c1-8(11)10(2)9-6-4-3-5-7-9/h3-7H,1H2,2H3. The normalized spacial score (nSPS) is 9.27. The van der Waals surface area contributed by atoms with E-state index < -0.39 is 0 Å². The van der Waals surface area contributed by atoms with E-state index in [-0.39, 0.29) is 5.91 Å². The van der Waals surface area contributed by atoms with Crippen LogP contribution >= 0.6 is 0 Å². The Morgan fingerprint density at radius 2 is 1.91 bits per heavy atom. The summed E-state index contributed by atoms with van der Waals surface area (Å²) < 4.78 is 0. The number of carbonyl (C=O) groups excluding carboxylic acids is 1. The molecule has 0 saturated heterocycles. The van der Waals surface area contributed by atoms with Gasteiger partial charge >= 0.3 is 0 Å². The van der Waals surface area contributed by atoms with Crippen LogP contribution in [0.15, 0.2) is 30.3 Å². The maximum atomic E-state index is 10.8. The van der Waals surface area contributed by atoms with Crippen LogP contribution < -0.4 is 4.90 Å². The summed E-state index contributed by atoms with van der Waals surface area (Å²) in [6.07, 6.45) is 0. The second kappa shape index (κ2) is 3.19. The molecule has 11 heavy (non-hydrogen) atoms. The van der Waals surface area contributed by atoms with Crippen LogP contribution in [0.25, 0.3) is 0 Å². The van der Waals surface area contributed by atoms with Crippen LogP contribution in [0.5, 0.6) is 0 Å². The average molecular weight is 148 g/mol. The minimum atomic E-state index is -0.198. The Kier molecular flexibility index (Phi) is 2.26. The van der Waals surface area contributed by atoms with Gasteiger partial charge in [-0.1, -0.05) is 18.2 Å². The van der Waals surface area contributed by atoms with Crippen molar-refractivity contribution in [2.45, 2.75) is 0 Å². The molecule has 57 valence electrons. The van der Waals surface area contributed by atoms with Crippen molar-refractivity contribution in [3.8, 4) is 0 Å². The molecule has 0 heterocycles. The van der Waals surface area contributed by atoms with E-state index in [9.17, 15) is 4.79 Å². The van der Waals surface area contributed by atoms with Crippen LogP contribution in [0.4, 0.5) is 5.69 Å². The zero-order valence-electron chi connectivity index (χ0n) is 6.45. The first-order valence-corrected chi connectivity index (χ1v) is 3.36. The van der Waals surface area contributed by atoms with Crippen molar-refractivity contribution in [3.63, 3.8) is 0 Å². The number of hydrogen-bond acceptors (Lipinski definition) is 1. The van der Waals surface area contributed by atoms with Crippen molar-refractivity contribution in [1.82, 2.24) is 0 Å². The maximum Gasteiger partial charge on any atom is 0.227 e. The molecule has 0 aliphatic rings. The lowest BCUT2D eigenvalue weighted by atomic mass is 10.3. The van der Waals surface area contributed by atoms with E-state index in [0.717, 1.165) is 5.69 Å². The Balaban J connectivity index is 2.85. The number of benzene rings is 1. The first-order valence-electron chi connectivity index (χ1n) is 3.36. The second-order valence-corrected chi connectivity index (χ2v) is 2.29. The molecule has 2 heteroatoms. The van der Waals surface area contributed by atoms with Gasteiger partial charge in [0.1, 0.15) is 0 Å². The third-order valence-corrected chi connectivity index (χ3v) is 1.52. The van der Waals surface area contributed by atoms with Crippen molar-refractivity contribution >= 4 is 11.6 Å². The molecule has 0 N–H and O–H groups in total. The number of para-hydroxylation sites is 1. The van der Waals surface area contributed by atoms with E-state index in [2.05, 4.69) is 6.92 Å². The summed E-state index contributed by atoms with van der Waals surface area (Å²) in [4.78, 5) is 12.3. The van der Waals surface area contributed by atoms with Crippen molar-refractivity contribution < 1.29 is 4.79 Å². The van der Waals surface area contributed by atoms with Gasteiger partial charge < -0.3 is 4.90 Å². The number of anilines is 1. The number of carbonyl (C=O) groups is 1. The van der Waals surface area contributed by atoms with Gasteiger partial charge in [-0.25, -0.2) is 0 Å². The second-order valence-electron chi connectivity index (χ2n) is 2.29. The Hall–Kier alpha value is -1.31. The molecule has 1 radical (unpaired) electrons. The van der Waals surface area contributed by atoms with Crippen molar-refractivity contribution in [2.24, 2.45) is 0 Å². The molecule has 0 aromatic heterocycles.